The van der Waals surface area contributed by atoms with Crippen LogP contribution in [0.3, 0.4) is 0 Å². The van der Waals surface area contributed by atoms with Gasteiger partial charge in [-0.15, -0.1) is 0 Å². The summed E-state index contributed by atoms with van der Waals surface area (Å²) in [6, 6.07) is 1.51. The number of ether oxygens (including phenoxy) is 2. The van der Waals surface area contributed by atoms with E-state index in [1.807, 2.05) is 0 Å². The SMILES string of the molecule is CC(C)(CO)c1c(O)c(Cl)cc2c1OCO2. The summed E-state index contributed by atoms with van der Waals surface area (Å²) in [7, 11) is 0. The molecule has 16 heavy (non-hydrogen) atoms. The van der Waals surface area contributed by atoms with E-state index in [2.05, 4.69) is 0 Å². The van der Waals surface area contributed by atoms with E-state index in [1.54, 1.807) is 13.8 Å². The molecule has 0 fully saturated rings. The van der Waals surface area contributed by atoms with Crippen LogP contribution in [0.15, 0.2) is 6.07 Å². The maximum absolute atomic E-state index is 9.95. The molecule has 2 rings (SSSR count). The molecule has 0 unspecified atom stereocenters. The van der Waals surface area contributed by atoms with Crippen LogP contribution < -0.4 is 9.47 Å². The lowest BCUT2D eigenvalue weighted by Crippen LogP contribution is -2.22. The second-order valence-corrected chi connectivity index (χ2v) is 4.76. The molecule has 0 bridgehead atoms. The number of benzene rings is 1. The molecule has 0 radical (unpaired) electrons. The summed E-state index contributed by atoms with van der Waals surface area (Å²) in [6.07, 6.45) is 0. The molecule has 0 saturated carbocycles. The van der Waals surface area contributed by atoms with Crippen LogP contribution >= 0.6 is 11.6 Å². The van der Waals surface area contributed by atoms with Crippen molar-refractivity contribution in [1.82, 2.24) is 0 Å². The van der Waals surface area contributed by atoms with Crippen molar-refractivity contribution in [3.63, 3.8) is 0 Å². The van der Waals surface area contributed by atoms with Crippen molar-refractivity contribution in [1.29, 1.82) is 0 Å². The highest BCUT2D eigenvalue weighted by atomic mass is 35.5. The van der Waals surface area contributed by atoms with Crippen molar-refractivity contribution in [3.05, 3.63) is 16.7 Å². The van der Waals surface area contributed by atoms with E-state index in [9.17, 15) is 10.2 Å². The zero-order valence-corrected chi connectivity index (χ0v) is 9.84. The topological polar surface area (TPSA) is 58.9 Å². The van der Waals surface area contributed by atoms with Crippen molar-refractivity contribution in [2.45, 2.75) is 19.3 Å². The summed E-state index contributed by atoms with van der Waals surface area (Å²) in [5.74, 6) is 0.894. The van der Waals surface area contributed by atoms with Gasteiger partial charge in [0.1, 0.15) is 5.75 Å². The van der Waals surface area contributed by atoms with Crippen molar-refractivity contribution < 1.29 is 19.7 Å². The van der Waals surface area contributed by atoms with Crippen LogP contribution in [-0.2, 0) is 5.41 Å². The number of phenols is 1. The number of aliphatic hydroxyl groups excluding tert-OH is 1. The summed E-state index contributed by atoms with van der Waals surface area (Å²) in [6.45, 7) is 3.56. The fourth-order valence-corrected chi connectivity index (χ4v) is 1.90. The van der Waals surface area contributed by atoms with Gasteiger partial charge in [0.2, 0.25) is 6.79 Å². The van der Waals surface area contributed by atoms with Crippen molar-refractivity contribution in [2.75, 3.05) is 13.4 Å². The smallest absolute Gasteiger partial charge is 0.231 e. The number of hydrogen-bond acceptors (Lipinski definition) is 4. The monoisotopic (exact) mass is 244 g/mol. The Morgan fingerprint density at radius 1 is 1.44 bits per heavy atom. The maximum Gasteiger partial charge on any atom is 0.231 e. The quantitative estimate of drug-likeness (QED) is 0.836. The van der Waals surface area contributed by atoms with E-state index < -0.39 is 5.41 Å². The number of aromatic hydroxyl groups is 1. The second kappa shape index (κ2) is 3.71. The Balaban J connectivity index is 2.68. The van der Waals surface area contributed by atoms with E-state index in [4.69, 9.17) is 21.1 Å². The average molecular weight is 245 g/mol. The first kappa shape index (κ1) is 11.4. The molecule has 1 heterocycles. The number of rotatable bonds is 2. The summed E-state index contributed by atoms with van der Waals surface area (Å²) in [4.78, 5) is 0. The van der Waals surface area contributed by atoms with Crippen LogP contribution in [0.4, 0.5) is 0 Å². The minimum absolute atomic E-state index is 0.0648. The van der Waals surface area contributed by atoms with Crippen LogP contribution in [0, 0.1) is 0 Å². The molecule has 0 spiro atoms. The Morgan fingerprint density at radius 3 is 2.75 bits per heavy atom. The van der Waals surface area contributed by atoms with Crippen LogP contribution in [0.1, 0.15) is 19.4 Å². The largest absolute Gasteiger partial charge is 0.506 e. The van der Waals surface area contributed by atoms with Crippen molar-refractivity contribution in [2.24, 2.45) is 0 Å². The normalized spacial score (nSPS) is 14.2. The summed E-state index contributed by atoms with van der Waals surface area (Å²) in [5.41, 5.74) is -0.165. The Morgan fingerprint density at radius 2 is 2.12 bits per heavy atom. The van der Waals surface area contributed by atoms with Gasteiger partial charge >= 0.3 is 0 Å². The fourth-order valence-electron chi connectivity index (χ4n) is 1.71. The van der Waals surface area contributed by atoms with Crippen LogP contribution in [-0.4, -0.2) is 23.6 Å². The van der Waals surface area contributed by atoms with E-state index in [0.717, 1.165) is 0 Å². The zero-order valence-electron chi connectivity index (χ0n) is 9.08. The predicted molar refractivity (Wildman–Crippen MR) is 59.4 cm³/mol. The first-order valence-electron chi connectivity index (χ1n) is 4.90. The molecule has 1 aromatic rings. The molecule has 1 aliphatic rings. The van der Waals surface area contributed by atoms with E-state index in [1.165, 1.54) is 6.07 Å². The minimum Gasteiger partial charge on any atom is -0.506 e. The van der Waals surface area contributed by atoms with Crippen LogP contribution in [0.2, 0.25) is 5.02 Å². The molecule has 5 heteroatoms. The van der Waals surface area contributed by atoms with Crippen molar-refractivity contribution in [3.8, 4) is 17.2 Å². The van der Waals surface area contributed by atoms with E-state index in [-0.39, 0.29) is 24.2 Å². The Labute approximate surface area is 98.4 Å². The number of aliphatic hydroxyl groups is 1. The Bertz CT molecular complexity index is 428. The molecule has 0 aliphatic carbocycles. The summed E-state index contributed by atoms with van der Waals surface area (Å²) < 4.78 is 10.5. The second-order valence-electron chi connectivity index (χ2n) is 4.36. The van der Waals surface area contributed by atoms with Gasteiger partial charge in [-0.2, -0.15) is 0 Å². The first-order chi connectivity index (χ1) is 7.47. The lowest BCUT2D eigenvalue weighted by atomic mass is 9.84. The average Bonchev–Trinajstić information content (AvgIpc) is 2.66. The highest BCUT2D eigenvalue weighted by Crippen LogP contribution is 2.49. The molecule has 2 N–H and O–H groups in total. The molecular formula is C11H13ClO4. The Kier molecular flexibility index (Phi) is 2.64. The lowest BCUT2D eigenvalue weighted by Gasteiger charge is -2.25. The number of fused-ring (bicyclic) bond motifs is 1. The summed E-state index contributed by atoms with van der Waals surface area (Å²) in [5, 5.41) is 19.5. The van der Waals surface area contributed by atoms with Gasteiger partial charge in [-0.3, -0.25) is 0 Å². The van der Waals surface area contributed by atoms with E-state index >= 15 is 0 Å². The molecule has 4 nitrogen and oxygen atoms in total. The van der Waals surface area contributed by atoms with E-state index in [0.29, 0.717) is 17.1 Å². The third kappa shape index (κ3) is 1.58. The van der Waals surface area contributed by atoms with Crippen LogP contribution in [0.5, 0.6) is 17.2 Å². The first-order valence-corrected chi connectivity index (χ1v) is 5.27. The van der Waals surface area contributed by atoms with Gasteiger partial charge in [-0.25, -0.2) is 0 Å². The van der Waals surface area contributed by atoms with Gasteiger partial charge < -0.3 is 19.7 Å². The molecule has 1 aliphatic heterocycles. The predicted octanol–water partition coefficient (Wildman–Crippen LogP) is 2.04. The zero-order chi connectivity index (χ0) is 11.9. The van der Waals surface area contributed by atoms with Gasteiger partial charge in [0.25, 0.3) is 0 Å². The number of halogens is 1. The molecule has 0 saturated heterocycles. The molecule has 1 aromatic carbocycles. The minimum atomic E-state index is -0.646. The fraction of sp³-hybridized carbons (Fsp3) is 0.455. The van der Waals surface area contributed by atoms with Gasteiger partial charge in [0.05, 0.1) is 11.6 Å². The lowest BCUT2D eigenvalue weighted by molar-refractivity contribution is 0.168. The third-order valence-electron chi connectivity index (χ3n) is 2.66. The van der Waals surface area contributed by atoms with Gasteiger partial charge in [0.15, 0.2) is 11.5 Å². The molecule has 0 aromatic heterocycles. The van der Waals surface area contributed by atoms with Gasteiger partial charge in [-0.05, 0) is 0 Å². The maximum atomic E-state index is 9.95. The molecule has 0 atom stereocenters. The number of hydrogen-bond donors (Lipinski definition) is 2. The highest BCUT2D eigenvalue weighted by molar-refractivity contribution is 6.32. The summed E-state index contributed by atoms with van der Waals surface area (Å²) >= 11 is 5.89. The molecule has 88 valence electrons. The third-order valence-corrected chi connectivity index (χ3v) is 2.95. The van der Waals surface area contributed by atoms with Crippen molar-refractivity contribution >= 4 is 11.6 Å². The van der Waals surface area contributed by atoms with Gasteiger partial charge in [-0.1, -0.05) is 25.4 Å². The standard InChI is InChI=1S/C11H13ClO4/c1-11(2,4-13)8-9(14)6(12)3-7-10(8)16-5-15-7/h3,13-14H,4-5H2,1-2H3. The Hall–Kier alpha value is -1.13. The number of phenolic OH excluding ortho intramolecular Hbond substituents is 1. The molecular weight excluding hydrogens is 232 g/mol. The van der Waals surface area contributed by atoms with Gasteiger partial charge in [0, 0.05) is 17.0 Å². The highest BCUT2D eigenvalue weighted by Gasteiger charge is 2.33. The van der Waals surface area contributed by atoms with Crippen LogP contribution in [0.25, 0.3) is 0 Å². The molecule has 0 amide bonds.